The Labute approximate surface area is 113 Å². The van der Waals surface area contributed by atoms with Crippen LogP contribution in [0, 0.1) is 5.92 Å². The number of carbonyl (C=O) groups excluding carboxylic acids is 1. The number of esters is 1. The van der Waals surface area contributed by atoms with Gasteiger partial charge in [-0.05, 0) is 57.7 Å². The molecule has 0 unspecified atom stereocenters. The van der Waals surface area contributed by atoms with Crippen molar-refractivity contribution in [3.63, 3.8) is 0 Å². The molecule has 0 bridgehead atoms. The van der Waals surface area contributed by atoms with Crippen LogP contribution in [-0.4, -0.2) is 23.3 Å². The minimum Gasteiger partial charge on any atom is -0.504 e. The van der Waals surface area contributed by atoms with Crippen LogP contribution in [0.3, 0.4) is 0 Å². The lowest BCUT2D eigenvalue weighted by Crippen LogP contribution is -2.23. The Kier molecular flexibility index (Phi) is 3.69. The molecule has 0 saturated heterocycles. The number of ether oxygens (including phenoxy) is 2. The van der Waals surface area contributed by atoms with Crippen LogP contribution in [0.2, 0.25) is 0 Å². The molecule has 0 amide bonds. The van der Waals surface area contributed by atoms with Gasteiger partial charge in [0.1, 0.15) is 5.60 Å². The van der Waals surface area contributed by atoms with Gasteiger partial charge in [-0.3, -0.25) is 0 Å². The molecule has 0 heterocycles. The number of rotatable bonds is 4. The third kappa shape index (κ3) is 4.16. The molecule has 2 rings (SSSR count). The van der Waals surface area contributed by atoms with E-state index in [0.29, 0.717) is 23.8 Å². The maximum absolute atomic E-state index is 11.9. The molecule has 0 aliphatic heterocycles. The van der Waals surface area contributed by atoms with Gasteiger partial charge in [0.15, 0.2) is 11.5 Å². The molecule has 1 aromatic rings. The third-order valence-corrected chi connectivity index (χ3v) is 2.77. The summed E-state index contributed by atoms with van der Waals surface area (Å²) < 4.78 is 10.8. The molecular weight excluding hydrogens is 244 g/mol. The second-order valence-corrected chi connectivity index (χ2v) is 5.94. The van der Waals surface area contributed by atoms with Gasteiger partial charge in [-0.2, -0.15) is 0 Å². The summed E-state index contributed by atoms with van der Waals surface area (Å²) in [6.07, 6.45) is 2.35. The van der Waals surface area contributed by atoms with Crippen LogP contribution in [-0.2, 0) is 4.74 Å². The summed E-state index contributed by atoms with van der Waals surface area (Å²) >= 11 is 0. The van der Waals surface area contributed by atoms with Crippen molar-refractivity contribution in [3.05, 3.63) is 23.8 Å². The molecule has 1 N–H and O–H groups in total. The summed E-state index contributed by atoms with van der Waals surface area (Å²) in [5.41, 5.74) is -0.150. The van der Waals surface area contributed by atoms with Crippen molar-refractivity contribution in [2.24, 2.45) is 5.92 Å². The third-order valence-electron chi connectivity index (χ3n) is 2.77. The Morgan fingerprint density at radius 2 is 2.05 bits per heavy atom. The molecule has 1 aliphatic rings. The Morgan fingerprint density at radius 1 is 1.37 bits per heavy atom. The largest absolute Gasteiger partial charge is 0.504 e. The van der Waals surface area contributed by atoms with E-state index in [1.165, 1.54) is 31.0 Å². The number of phenols is 1. The Morgan fingerprint density at radius 3 is 2.63 bits per heavy atom. The standard InChI is InChI=1S/C15H20O4/c1-15(2,3)19-14(17)11-6-7-12(16)13(8-11)18-9-10-4-5-10/h6-8,10,16H,4-5,9H2,1-3H3. The fourth-order valence-corrected chi connectivity index (χ4v) is 1.59. The Balaban J connectivity index is 2.07. The maximum atomic E-state index is 11.9. The fourth-order valence-electron chi connectivity index (χ4n) is 1.59. The SMILES string of the molecule is CC(C)(C)OC(=O)c1ccc(O)c(OCC2CC2)c1. The zero-order valence-electron chi connectivity index (χ0n) is 11.6. The minimum absolute atomic E-state index is 0.0490. The lowest BCUT2D eigenvalue weighted by atomic mass is 10.1. The molecule has 19 heavy (non-hydrogen) atoms. The predicted molar refractivity (Wildman–Crippen MR) is 71.5 cm³/mol. The van der Waals surface area contributed by atoms with Crippen LogP contribution in [0.5, 0.6) is 11.5 Å². The van der Waals surface area contributed by atoms with Crippen molar-refractivity contribution in [3.8, 4) is 11.5 Å². The van der Waals surface area contributed by atoms with Gasteiger partial charge in [-0.1, -0.05) is 0 Å². The van der Waals surface area contributed by atoms with Crippen molar-refractivity contribution >= 4 is 5.97 Å². The first-order chi connectivity index (χ1) is 8.85. The number of hydrogen-bond donors (Lipinski definition) is 1. The van der Waals surface area contributed by atoms with Gasteiger partial charge in [-0.25, -0.2) is 4.79 Å². The molecule has 0 radical (unpaired) electrons. The molecule has 104 valence electrons. The molecule has 1 fully saturated rings. The summed E-state index contributed by atoms with van der Waals surface area (Å²) in [6, 6.07) is 4.53. The monoisotopic (exact) mass is 264 g/mol. The lowest BCUT2D eigenvalue weighted by molar-refractivity contribution is 0.00691. The second-order valence-electron chi connectivity index (χ2n) is 5.94. The van der Waals surface area contributed by atoms with Crippen LogP contribution < -0.4 is 4.74 Å². The van der Waals surface area contributed by atoms with E-state index in [9.17, 15) is 9.90 Å². The van der Waals surface area contributed by atoms with Gasteiger partial charge in [0.2, 0.25) is 0 Å². The van der Waals surface area contributed by atoms with Gasteiger partial charge in [0.05, 0.1) is 12.2 Å². The summed E-state index contributed by atoms with van der Waals surface area (Å²) in [7, 11) is 0. The van der Waals surface area contributed by atoms with Crippen LogP contribution in [0.1, 0.15) is 44.0 Å². The number of aromatic hydroxyl groups is 1. The average Bonchev–Trinajstić information content (AvgIpc) is 3.09. The smallest absolute Gasteiger partial charge is 0.338 e. The zero-order valence-corrected chi connectivity index (χ0v) is 11.6. The molecule has 4 nitrogen and oxygen atoms in total. The number of hydrogen-bond acceptors (Lipinski definition) is 4. The normalized spacial score (nSPS) is 15.1. The first-order valence-corrected chi connectivity index (χ1v) is 6.54. The molecule has 0 aromatic heterocycles. The average molecular weight is 264 g/mol. The van der Waals surface area contributed by atoms with Crippen LogP contribution >= 0.6 is 0 Å². The highest BCUT2D eigenvalue weighted by atomic mass is 16.6. The van der Waals surface area contributed by atoms with Gasteiger partial charge in [0.25, 0.3) is 0 Å². The topological polar surface area (TPSA) is 55.8 Å². The van der Waals surface area contributed by atoms with E-state index in [2.05, 4.69) is 0 Å². The van der Waals surface area contributed by atoms with Crippen LogP contribution in [0.4, 0.5) is 0 Å². The highest BCUT2D eigenvalue weighted by molar-refractivity contribution is 5.90. The van der Waals surface area contributed by atoms with Gasteiger partial charge < -0.3 is 14.6 Å². The van der Waals surface area contributed by atoms with Crippen molar-refractivity contribution in [1.29, 1.82) is 0 Å². The van der Waals surface area contributed by atoms with Crippen molar-refractivity contribution in [2.45, 2.75) is 39.2 Å². The molecule has 1 saturated carbocycles. The fraction of sp³-hybridized carbons (Fsp3) is 0.533. The quantitative estimate of drug-likeness (QED) is 0.849. The summed E-state index contributed by atoms with van der Waals surface area (Å²) in [5.74, 6) is 0.566. The van der Waals surface area contributed by atoms with Crippen molar-refractivity contribution < 1.29 is 19.4 Å². The van der Waals surface area contributed by atoms with E-state index < -0.39 is 11.6 Å². The molecule has 1 aliphatic carbocycles. The predicted octanol–water partition coefficient (Wildman–Crippen LogP) is 3.14. The van der Waals surface area contributed by atoms with E-state index >= 15 is 0 Å². The number of benzene rings is 1. The van der Waals surface area contributed by atoms with Crippen molar-refractivity contribution in [1.82, 2.24) is 0 Å². The molecule has 0 atom stereocenters. The van der Waals surface area contributed by atoms with E-state index in [1.807, 2.05) is 20.8 Å². The maximum Gasteiger partial charge on any atom is 0.338 e. The lowest BCUT2D eigenvalue weighted by Gasteiger charge is -2.19. The highest BCUT2D eigenvalue weighted by Crippen LogP contribution is 2.33. The first-order valence-electron chi connectivity index (χ1n) is 6.54. The van der Waals surface area contributed by atoms with Gasteiger partial charge in [0, 0.05) is 0 Å². The van der Waals surface area contributed by atoms with Crippen molar-refractivity contribution in [2.75, 3.05) is 6.61 Å². The number of carbonyl (C=O) groups is 1. The van der Waals surface area contributed by atoms with Gasteiger partial charge >= 0.3 is 5.97 Å². The summed E-state index contributed by atoms with van der Waals surface area (Å²) in [4.78, 5) is 11.9. The minimum atomic E-state index is -0.538. The molecule has 1 aromatic carbocycles. The van der Waals surface area contributed by atoms with E-state index in [0.717, 1.165) is 0 Å². The first kappa shape index (κ1) is 13.7. The summed E-state index contributed by atoms with van der Waals surface area (Å²) in [6.45, 7) is 6.03. The zero-order chi connectivity index (χ0) is 14.0. The molecule has 0 spiro atoms. The molecule has 4 heteroatoms. The number of phenolic OH excluding ortho intramolecular Hbond substituents is 1. The molecular formula is C15H20O4. The Hall–Kier alpha value is -1.71. The van der Waals surface area contributed by atoms with E-state index in [1.54, 1.807) is 0 Å². The Bertz CT molecular complexity index is 470. The van der Waals surface area contributed by atoms with Gasteiger partial charge in [-0.15, -0.1) is 0 Å². The second kappa shape index (κ2) is 5.11. The highest BCUT2D eigenvalue weighted by Gasteiger charge is 2.23. The van der Waals surface area contributed by atoms with E-state index in [-0.39, 0.29) is 5.75 Å². The van der Waals surface area contributed by atoms with Crippen LogP contribution in [0.25, 0.3) is 0 Å². The summed E-state index contributed by atoms with van der Waals surface area (Å²) in [5, 5.41) is 9.71. The van der Waals surface area contributed by atoms with Crippen LogP contribution in [0.15, 0.2) is 18.2 Å². The van der Waals surface area contributed by atoms with E-state index in [4.69, 9.17) is 9.47 Å².